The third-order valence-corrected chi connectivity index (χ3v) is 3.81. The smallest absolute Gasteiger partial charge is 0.258 e. The fourth-order valence-corrected chi connectivity index (χ4v) is 2.34. The second-order valence-electron chi connectivity index (χ2n) is 4.38. The fourth-order valence-electron chi connectivity index (χ4n) is 1.68. The number of hydrogen-bond acceptors (Lipinski definition) is 3. The average molecular weight is 311 g/mol. The number of anilines is 1. The molecule has 0 aromatic heterocycles. The lowest BCUT2D eigenvalue weighted by Crippen LogP contribution is -2.14. The first-order valence-corrected chi connectivity index (χ1v) is 7.73. The highest BCUT2D eigenvalue weighted by molar-refractivity contribution is 7.90. The molecule has 1 N–H and O–H groups in total. The zero-order chi connectivity index (χ0) is 15.6. The van der Waals surface area contributed by atoms with Crippen LogP contribution in [0.4, 0.5) is 14.5 Å². The third kappa shape index (κ3) is 3.63. The molecule has 0 aliphatic carbocycles. The Morgan fingerprint density at radius 3 is 2.43 bits per heavy atom. The highest BCUT2D eigenvalue weighted by atomic mass is 32.2. The SMILES string of the molecule is CS(=O)(=O)c1cccc(NC(=O)c2ccc(F)cc2F)c1. The molecule has 0 unspecified atom stereocenters. The first-order valence-electron chi connectivity index (χ1n) is 5.84. The minimum Gasteiger partial charge on any atom is -0.322 e. The predicted molar refractivity (Wildman–Crippen MR) is 73.9 cm³/mol. The van der Waals surface area contributed by atoms with Crippen molar-refractivity contribution in [2.75, 3.05) is 11.6 Å². The molecule has 7 heteroatoms. The second kappa shape index (κ2) is 5.61. The van der Waals surface area contributed by atoms with Gasteiger partial charge in [-0.15, -0.1) is 0 Å². The van der Waals surface area contributed by atoms with Gasteiger partial charge in [0.25, 0.3) is 5.91 Å². The minimum absolute atomic E-state index is 0.0277. The molecular formula is C14H11F2NO3S. The van der Waals surface area contributed by atoms with Gasteiger partial charge >= 0.3 is 0 Å². The van der Waals surface area contributed by atoms with Gasteiger partial charge in [0.1, 0.15) is 11.6 Å². The Morgan fingerprint density at radius 2 is 1.81 bits per heavy atom. The van der Waals surface area contributed by atoms with Crippen LogP contribution in [0.3, 0.4) is 0 Å². The molecule has 4 nitrogen and oxygen atoms in total. The topological polar surface area (TPSA) is 63.2 Å². The highest BCUT2D eigenvalue weighted by Crippen LogP contribution is 2.17. The summed E-state index contributed by atoms with van der Waals surface area (Å²) in [5.74, 6) is -2.58. The van der Waals surface area contributed by atoms with E-state index in [4.69, 9.17) is 0 Å². The van der Waals surface area contributed by atoms with Crippen molar-refractivity contribution in [1.82, 2.24) is 0 Å². The molecule has 21 heavy (non-hydrogen) atoms. The van der Waals surface area contributed by atoms with E-state index in [1.807, 2.05) is 0 Å². The molecule has 2 aromatic carbocycles. The normalized spacial score (nSPS) is 11.2. The summed E-state index contributed by atoms with van der Waals surface area (Å²) in [6, 6.07) is 8.13. The van der Waals surface area contributed by atoms with Gasteiger partial charge in [0.2, 0.25) is 0 Å². The maximum Gasteiger partial charge on any atom is 0.258 e. The zero-order valence-corrected chi connectivity index (χ0v) is 11.7. The van der Waals surface area contributed by atoms with E-state index in [0.717, 1.165) is 18.4 Å². The maximum atomic E-state index is 13.5. The molecule has 0 atom stereocenters. The van der Waals surface area contributed by atoms with Crippen molar-refractivity contribution in [1.29, 1.82) is 0 Å². The second-order valence-corrected chi connectivity index (χ2v) is 6.39. The van der Waals surface area contributed by atoms with Crippen LogP contribution >= 0.6 is 0 Å². The Balaban J connectivity index is 2.28. The first kappa shape index (κ1) is 15.1. The van der Waals surface area contributed by atoms with Crippen LogP contribution in [0, 0.1) is 11.6 Å². The molecule has 110 valence electrons. The van der Waals surface area contributed by atoms with Crippen LogP contribution in [-0.4, -0.2) is 20.6 Å². The van der Waals surface area contributed by atoms with Crippen LogP contribution in [0.25, 0.3) is 0 Å². The Hall–Kier alpha value is -2.28. The molecule has 0 aliphatic heterocycles. The summed E-state index contributed by atoms with van der Waals surface area (Å²) < 4.78 is 49.1. The molecule has 0 fully saturated rings. The van der Waals surface area contributed by atoms with E-state index in [2.05, 4.69) is 5.32 Å². The van der Waals surface area contributed by atoms with Gasteiger partial charge in [-0.2, -0.15) is 0 Å². The van der Waals surface area contributed by atoms with Crippen LogP contribution in [0.5, 0.6) is 0 Å². The molecule has 2 aromatic rings. The number of sulfone groups is 1. The van der Waals surface area contributed by atoms with Crippen molar-refractivity contribution in [3.05, 3.63) is 59.7 Å². The van der Waals surface area contributed by atoms with E-state index in [1.54, 1.807) is 0 Å². The lowest BCUT2D eigenvalue weighted by atomic mass is 10.2. The van der Waals surface area contributed by atoms with Crippen LogP contribution in [0.2, 0.25) is 0 Å². The minimum atomic E-state index is -3.41. The van der Waals surface area contributed by atoms with Crippen molar-refractivity contribution in [2.24, 2.45) is 0 Å². The van der Waals surface area contributed by atoms with Crippen molar-refractivity contribution in [2.45, 2.75) is 4.90 Å². The fraction of sp³-hybridized carbons (Fsp3) is 0.0714. The van der Waals surface area contributed by atoms with Gasteiger partial charge in [-0.25, -0.2) is 17.2 Å². The van der Waals surface area contributed by atoms with Crippen molar-refractivity contribution in [3.63, 3.8) is 0 Å². The van der Waals surface area contributed by atoms with E-state index in [1.165, 1.54) is 24.3 Å². The standard InChI is InChI=1S/C14H11F2NO3S/c1-21(19,20)11-4-2-3-10(8-11)17-14(18)12-6-5-9(15)7-13(12)16/h2-8H,1H3,(H,17,18). The summed E-state index contributed by atoms with van der Waals surface area (Å²) in [5, 5.41) is 2.37. The Morgan fingerprint density at radius 1 is 1.10 bits per heavy atom. The zero-order valence-electron chi connectivity index (χ0n) is 10.9. The molecule has 0 radical (unpaired) electrons. The van der Waals surface area contributed by atoms with Crippen molar-refractivity contribution >= 4 is 21.4 Å². The third-order valence-electron chi connectivity index (χ3n) is 2.70. The van der Waals surface area contributed by atoms with Gasteiger partial charge in [-0.05, 0) is 30.3 Å². The first-order chi connectivity index (χ1) is 9.77. The summed E-state index contributed by atoms with van der Waals surface area (Å²) in [6.45, 7) is 0. The van der Waals surface area contributed by atoms with Gasteiger partial charge in [0.05, 0.1) is 10.5 Å². The van der Waals surface area contributed by atoms with Crippen molar-refractivity contribution in [3.8, 4) is 0 Å². The molecular weight excluding hydrogens is 300 g/mol. The van der Waals surface area contributed by atoms with E-state index in [0.29, 0.717) is 6.07 Å². The summed E-state index contributed by atoms with van der Waals surface area (Å²) in [6.07, 6.45) is 1.04. The van der Waals surface area contributed by atoms with E-state index in [-0.39, 0.29) is 16.1 Å². The Kier molecular flexibility index (Phi) is 4.04. The van der Waals surface area contributed by atoms with Gasteiger partial charge in [-0.3, -0.25) is 4.79 Å². The lowest BCUT2D eigenvalue weighted by Gasteiger charge is -2.07. The van der Waals surface area contributed by atoms with E-state index >= 15 is 0 Å². The molecule has 2 rings (SSSR count). The van der Waals surface area contributed by atoms with Crippen LogP contribution in [0.15, 0.2) is 47.4 Å². The Bertz CT molecular complexity index is 804. The van der Waals surface area contributed by atoms with Gasteiger partial charge in [0, 0.05) is 18.0 Å². The van der Waals surface area contributed by atoms with Crippen molar-refractivity contribution < 1.29 is 22.0 Å². The van der Waals surface area contributed by atoms with Gasteiger partial charge in [-0.1, -0.05) is 6.07 Å². The van der Waals surface area contributed by atoms with Crippen LogP contribution in [0.1, 0.15) is 10.4 Å². The van der Waals surface area contributed by atoms with E-state index < -0.39 is 27.4 Å². The number of benzene rings is 2. The van der Waals surface area contributed by atoms with Gasteiger partial charge in [0.15, 0.2) is 9.84 Å². The molecule has 0 saturated carbocycles. The predicted octanol–water partition coefficient (Wildman–Crippen LogP) is 2.62. The quantitative estimate of drug-likeness (QED) is 0.948. The summed E-state index contributed by atoms with van der Waals surface area (Å²) in [4.78, 5) is 11.9. The largest absolute Gasteiger partial charge is 0.322 e. The number of carbonyl (C=O) groups is 1. The number of amides is 1. The number of rotatable bonds is 3. The molecule has 0 bridgehead atoms. The number of hydrogen-bond donors (Lipinski definition) is 1. The summed E-state index contributed by atoms with van der Waals surface area (Å²) >= 11 is 0. The molecule has 0 saturated heterocycles. The monoisotopic (exact) mass is 311 g/mol. The molecule has 0 aliphatic rings. The summed E-state index contributed by atoms with van der Waals surface area (Å²) in [7, 11) is -3.41. The Labute approximate surface area is 120 Å². The highest BCUT2D eigenvalue weighted by Gasteiger charge is 2.14. The number of halogens is 2. The van der Waals surface area contributed by atoms with Crippen LogP contribution < -0.4 is 5.32 Å². The molecule has 0 heterocycles. The molecule has 1 amide bonds. The lowest BCUT2D eigenvalue weighted by molar-refractivity contribution is 0.102. The number of carbonyl (C=O) groups excluding carboxylic acids is 1. The van der Waals surface area contributed by atoms with E-state index in [9.17, 15) is 22.0 Å². The maximum absolute atomic E-state index is 13.5. The average Bonchev–Trinajstić information content (AvgIpc) is 2.37. The van der Waals surface area contributed by atoms with Gasteiger partial charge < -0.3 is 5.32 Å². The molecule has 0 spiro atoms. The summed E-state index contributed by atoms with van der Waals surface area (Å²) in [5.41, 5.74) is -0.132. The number of nitrogens with one attached hydrogen (secondary N) is 1. The van der Waals surface area contributed by atoms with Crippen LogP contribution in [-0.2, 0) is 9.84 Å².